The number of hydrogen-bond acceptors (Lipinski definition) is 6. The second-order valence-corrected chi connectivity index (χ2v) is 5.56. The smallest absolute Gasteiger partial charge is 0.223 e. The molecule has 124 valence electrons. The number of fused-ring (bicyclic) bond motifs is 1. The molecule has 1 atom stereocenters. The van der Waals surface area contributed by atoms with E-state index in [4.69, 9.17) is 4.52 Å². The van der Waals surface area contributed by atoms with Gasteiger partial charge in [0.2, 0.25) is 5.89 Å². The Morgan fingerprint density at radius 2 is 2.26 bits per heavy atom. The Bertz CT molecular complexity index is 689. The number of aromatic nitrogens is 5. The van der Waals surface area contributed by atoms with E-state index in [0.29, 0.717) is 18.3 Å². The molecule has 2 aromatic heterocycles. The van der Waals surface area contributed by atoms with Crippen molar-refractivity contribution in [2.24, 2.45) is 4.99 Å². The third-order valence-electron chi connectivity index (χ3n) is 3.60. The van der Waals surface area contributed by atoms with Crippen molar-refractivity contribution in [1.29, 1.82) is 0 Å². The van der Waals surface area contributed by atoms with Crippen molar-refractivity contribution in [1.82, 2.24) is 35.5 Å². The van der Waals surface area contributed by atoms with E-state index >= 15 is 0 Å². The molecule has 1 unspecified atom stereocenters. The largest absolute Gasteiger partial charge is 0.357 e. The molecule has 1 aliphatic heterocycles. The molecular weight excluding hydrogens is 296 g/mol. The van der Waals surface area contributed by atoms with Gasteiger partial charge >= 0.3 is 0 Å². The molecule has 23 heavy (non-hydrogen) atoms. The molecule has 0 aliphatic carbocycles. The minimum Gasteiger partial charge on any atom is -0.357 e. The number of hydrogen-bond donors (Lipinski definition) is 2. The number of rotatable bonds is 4. The van der Waals surface area contributed by atoms with E-state index in [2.05, 4.69) is 35.8 Å². The normalized spacial score (nSPS) is 17.9. The van der Waals surface area contributed by atoms with Gasteiger partial charge < -0.3 is 15.2 Å². The van der Waals surface area contributed by atoms with Crippen LogP contribution < -0.4 is 10.6 Å². The Morgan fingerprint density at radius 3 is 3.00 bits per heavy atom. The minimum absolute atomic E-state index is 0.272. The van der Waals surface area contributed by atoms with Crippen LogP contribution in [0.15, 0.2) is 9.52 Å². The lowest BCUT2D eigenvalue weighted by Crippen LogP contribution is -2.47. The fraction of sp³-hybridized carbons (Fsp3) is 0.643. The molecular formula is C14H22N8O. The molecule has 2 N–H and O–H groups in total. The fourth-order valence-electron chi connectivity index (χ4n) is 2.62. The average Bonchev–Trinajstić information content (AvgIpc) is 3.09. The van der Waals surface area contributed by atoms with Crippen LogP contribution in [0.4, 0.5) is 0 Å². The summed E-state index contributed by atoms with van der Waals surface area (Å²) >= 11 is 0. The molecule has 0 aromatic carbocycles. The second-order valence-electron chi connectivity index (χ2n) is 5.56. The van der Waals surface area contributed by atoms with Crippen LogP contribution in [0.5, 0.6) is 0 Å². The summed E-state index contributed by atoms with van der Waals surface area (Å²) in [6, 6.07) is 0.272. The zero-order chi connectivity index (χ0) is 16.2. The number of nitrogens with one attached hydrogen (secondary N) is 2. The van der Waals surface area contributed by atoms with E-state index in [9.17, 15) is 0 Å². The van der Waals surface area contributed by atoms with Crippen LogP contribution in [0.2, 0.25) is 0 Å². The molecule has 0 amide bonds. The zero-order valence-electron chi connectivity index (χ0n) is 13.7. The molecule has 0 radical (unpaired) electrons. The molecule has 9 heteroatoms. The van der Waals surface area contributed by atoms with E-state index in [0.717, 1.165) is 43.5 Å². The summed E-state index contributed by atoms with van der Waals surface area (Å²) in [5.74, 6) is 3.77. The summed E-state index contributed by atoms with van der Waals surface area (Å²) in [6.45, 7) is 7.69. The van der Waals surface area contributed by atoms with E-state index < -0.39 is 0 Å². The van der Waals surface area contributed by atoms with Gasteiger partial charge in [-0.05, 0) is 20.3 Å². The molecule has 9 nitrogen and oxygen atoms in total. The van der Waals surface area contributed by atoms with Gasteiger partial charge in [0, 0.05) is 25.9 Å². The quantitative estimate of drug-likeness (QED) is 0.619. The number of guanidine groups is 1. The van der Waals surface area contributed by atoms with Crippen LogP contribution in [0.3, 0.4) is 0 Å². The van der Waals surface area contributed by atoms with E-state index in [1.54, 1.807) is 6.92 Å². The van der Waals surface area contributed by atoms with Crippen molar-refractivity contribution in [3.8, 4) is 0 Å². The molecule has 0 saturated carbocycles. The predicted octanol–water partition coefficient (Wildman–Crippen LogP) is 0.348. The van der Waals surface area contributed by atoms with Crippen molar-refractivity contribution < 1.29 is 4.52 Å². The lowest BCUT2D eigenvalue weighted by atomic mass is 10.1. The molecule has 0 spiro atoms. The van der Waals surface area contributed by atoms with Gasteiger partial charge in [-0.1, -0.05) is 5.16 Å². The first kappa shape index (κ1) is 15.4. The topological polar surface area (TPSA) is 106 Å². The second kappa shape index (κ2) is 6.76. The summed E-state index contributed by atoms with van der Waals surface area (Å²) in [4.78, 5) is 13.1. The highest BCUT2D eigenvalue weighted by atomic mass is 16.5. The van der Waals surface area contributed by atoms with Crippen LogP contribution in [0, 0.1) is 13.8 Å². The standard InChI is InChI=1S/C14H22N8O/c1-4-15-14(16-7-12-18-10(3)23-21-12)19-11-5-6-13-17-9(2)20-22(13)8-11/h11H,4-8H2,1-3H3,(H2,15,16,19). The first-order valence-electron chi connectivity index (χ1n) is 7.88. The zero-order valence-corrected chi connectivity index (χ0v) is 13.7. The lowest BCUT2D eigenvalue weighted by molar-refractivity contribution is 0.387. The predicted molar refractivity (Wildman–Crippen MR) is 83.9 cm³/mol. The number of aryl methyl sites for hydroxylation is 3. The highest BCUT2D eigenvalue weighted by Crippen LogP contribution is 2.12. The first-order chi connectivity index (χ1) is 11.1. The fourth-order valence-corrected chi connectivity index (χ4v) is 2.62. The number of aliphatic imine (C=N–C) groups is 1. The maximum atomic E-state index is 4.96. The molecule has 1 aliphatic rings. The molecule has 0 fully saturated rings. The van der Waals surface area contributed by atoms with E-state index in [-0.39, 0.29) is 6.04 Å². The Kier molecular flexibility index (Phi) is 4.54. The van der Waals surface area contributed by atoms with Gasteiger partial charge in [-0.2, -0.15) is 10.1 Å². The van der Waals surface area contributed by atoms with Crippen molar-refractivity contribution in [2.75, 3.05) is 6.54 Å². The Hall–Kier alpha value is -2.45. The third-order valence-corrected chi connectivity index (χ3v) is 3.60. The molecule has 0 saturated heterocycles. The third kappa shape index (κ3) is 3.85. The Morgan fingerprint density at radius 1 is 1.39 bits per heavy atom. The van der Waals surface area contributed by atoms with Crippen molar-refractivity contribution in [3.63, 3.8) is 0 Å². The van der Waals surface area contributed by atoms with Crippen molar-refractivity contribution >= 4 is 5.96 Å². The summed E-state index contributed by atoms with van der Waals surface area (Å²) < 4.78 is 6.93. The molecule has 0 bridgehead atoms. The van der Waals surface area contributed by atoms with Gasteiger partial charge in [-0.3, -0.25) is 0 Å². The maximum Gasteiger partial charge on any atom is 0.223 e. The summed E-state index contributed by atoms with van der Waals surface area (Å²) in [7, 11) is 0. The molecule has 3 rings (SSSR count). The van der Waals surface area contributed by atoms with Crippen molar-refractivity contribution in [2.45, 2.75) is 52.7 Å². The summed E-state index contributed by atoms with van der Waals surface area (Å²) in [5, 5.41) is 15.0. The summed E-state index contributed by atoms with van der Waals surface area (Å²) in [6.07, 6.45) is 1.92. The highest BCUT2D eigenvalue weighted by Gasteiger charge is 2.21. The van der Waals surface area contributed by atoms with Crippen LogP contribution in [-0.2, 0) is 19.5 Å². The minimum atomic E-state index is 0.272. The SMILES string of the molecule is CCNC(=NCc1noc(C)n1)NC1CCc2nc(C)nn2C1. The number of nitrogens with zero attached hydrogens (tertiary/aromatic N) is 6. The van der Waals surface area contributed by atoms with Gasteiger partial charge in [-0.15, -0.1) is 0 Å². The van der Waals surface area contributed by atoms with Gasteiger partial charge in [0.05, 0.1) is 6.54 Å². The van der Waals surface area contributed by atoms with Crippen LogP contribution in [-0.4, -0.2) is 43.5 Å². The van der Waals surface area contributed by atoms with Gasteiger partial charge in [0.15, 0.2) is 11.8 Å². The van der Waals surface area contributed by atoms with Crippen LogP contribution in [0.25, 0.3) is 0 Å². The van der Waals surface area contributed by atoms with E-state index in [1.165, 1.54) is 0 Å². The highest BCUT2D eigenvalue weighted by molar-refractivity contribution is 5.80. The van der Waals surface area contributed by atoms with Gasteiger partial charge in [-0.25, -0.2) is 14.7 Å². The molecule has 2 aromatic rings. The van der Waals surface area contributed by atoms with Crippen LogP contribution >= 0.6 is 0 Å². The average molecular weight is 318 g/mol. The van der Waals surface area contributed by atoms with Gasteiger partial charge in [0.1, 0.15) is 18.2 Å². The maximum absolute atomic E-state index is 4.96. The molecule has 3 heterocycles. The summed E-state index contributed by atoms with van der Waals surface area (Å²) in [5.41, 5.74) is 0. The van der Waals surface area contributed by atoms with Crippen molar-refractivity contribution in [3.05, 3.63) is 23.4 Å². The monoisotopic (exact) mass is 318 g/mol. The Labute approximate surface area is 134 Å². The van der Waals surface area contributed by atoms with E-state index in [1.807, 2.05) is 18.5 Å². The Balaban J connectivity index is 1.63. The lowest BCUT2D eigenvalue weighted by Gasteiger charge is -2.25. The van der Waals surface area contributed by atoms with Gasteiger partial charge in [0.25, 0.3) is 0 Å². The van der Waals surface area contributed by atoms with Crippen LogP contribution in [0.1, 0.15) is 36.7 Å². The first-order valence-corrected chi connectivity index (χ1v) is 7.88.